The maximum atomic E-state index is 14.0. The summed E-state index contributed by atoms with van der Waals surface area (Å²) >= 11 is 0. The van der Waals surface area contributed by atoms with E-state index >= 15 is 0 Å². The van der Waals surface area contributed by atoms with Crippen molar-refractivity contribution in [2.45, 2.75) is 37.1 Å². The minimum Gasteiger partial charge on any atom is -0.493 e. The third kappa shape index (κ3) is 3.20. The molecule has 3 aliphatic heterocycles. The van der Waals surface area contributed by atoms with E-state index in [1.165, 1.54) is 4.90 Å². The van der Waals surface area contributed by atoms with Crippen molar-refractivity contribution in [1.29, 1.82) is 10.5 Å². The number of aliphatic hydroxyl groups is 1. The molecule has 184 valence electrons. The molecular formula is C29H23N3O5. The molecule has 1 N–H and O–H groups in total. The molecule has 0 radical (unpaired) electrons. The Labute approximate surface area is 213 Å². The van der Waals surface area contributed by atoms with E-state index in [2.05, 4.69) is 12.1 Å². The van der Waals surface area contributed by atoms with E-state index in [1.54, 1.807) is 61.5 Å². The number of nitrogens with zero attached hydrogens (tertiary/aromatic N) is 3. The van der Waals surface area contributed by atoms with Gasteiger partial charge in [0.25, 0.3) is 0 Å². The smallest absolute Gasteiger partial charge is 0.240 e. The Morgan fingerprint density at radius 1 is 1.03 bits per heavy atom. The molecule has 37 heavy (non-hydrogen) atoms. The number of rotatable bonds is 5. The second kappa shape index (κ2) is 8.14. The number of amides is 2. The molecule has 3 aromatic rings. The third-order valence-electron chi connectivity index (χ3n) is 8.13. The van der Waals surface area contributed by atoms with Gasteiger partial charge in [0.15, 0.2) is 0 Å². The number of ether oxygens (including phenoxy) is 2. The molecule has 3 aromatic carbocycles. The zero-order chi connectivity index (χ0) is 25.9. The van der Waals surface area contributed by atoms with Crippen LogP contribution in [0.25, 0.3) is 10.8 Å². The van der Waals surface area contributed by atoms with E-state index in [-0.39, 0.29) is 18.9 Å². The molecule has 3 aliphatic rings. The highest BCUT2D eigenvalue weighted by molar-refractivity contribution is 6.26. The van der Waals surface area contributed by atoms with Crippen molar-refractivity contribution in [2.75, 3.05) is 11.5 Å². The summed E-state index contributed by atoms with van der Waals surface area (Å²) in [4.78, 5) is 29.0. The Morgan fingerprint density at radius 2 is 1.78 bits per heavy atom. The summed E-state index contributed by atoms with van der Waals surface area (Å²) in [5, 5.41) is 30.9. The molecule has 8 heteroatoms. The van der Waals surface area contributed by atoms with Crippen molar-refractivity contribution in [2.24, 2.45) is 11.8 Å². The molecule has 0 spiro atoms. The summed E-state index contributed by atoms with van der Waals surface area (Å²) in [5.74, 6) is -1.86. The van der Waals surface area contributed by atoms with Crippen LogP contribution < -0.4 is 9.64 Å². The van der Waals surface area contributed by atoms with Gasteiger partial charge in [-0.05, 0) is 37.3 Å². The van der Waals surface area contributed by atoms with E-state index in [0.29, 0.717) is 39.8 Å². The van der Waals surface area contributed by atoms with E-state index < -0.39 is 35.0 Å². The molecule has 5 atom stereocenters. The second-order valence-corrected chi connectivity index (χ2v) is 10.1. The lowest BCUT2D eigenvalue weighted by Crippen LogP contribution is -2.49. The lowest BCUT2D eigenvalue weighted by molar-refractivity contribution is -0.134. The largest absolute Gasteiger partial charge is 0.493 e. The summed E-state index contributed by atoms with van der Waals surface area (Å²) in [7, 11) is 0. The first kappa shape index (κ1) is 23.2. The van der Waals surface area contributed by atoms with Crippen LogP contribution in [0.5, 0.6) is 5.75 Å². The predicted molar refractivity (Wildman–Crippen MR) is 132 cm³/mol. The summed E-state index contributed by atoms with van der Waals surface area (Å²) < 4.78 is 12.2. The van der Waals surface area contributed by atoms with Gasteiger partial charge < -0.3 is 14.6 Å². The van der Waals surface area contributed by atoms with Crippen LogP contribution in [-0.4, -0.2) is 40.8 Å². The predicted octanol–water partition coefficient (Wildman–Crippen LogP) is 3.45. The van der Waals surface area contributed by atoms with Crippen molar-refractivity contribution in [3.8, 4) is 17.9 Å². The normalized spacial score (nSPS) is 29.8. The topological polar surface area (TPSA) is 124 Å². The van der Waals surface area contributed by atoms with Crippen molar-refractivity contribution < 1.29 is 24.2 Å². The van der Waals surface area contributed by atoms with Gasteiger partial charge in [-0.15, -0.1) is 0 Å². The number of imide groups is 1. The highest BCUT2D eigenvalue weighted by Crippen LogP contribution is 2.62. The summed E-state index contributed by atoms with van der Waals surface area (Å²) in [6.45, 7) is 1.88. The Hall–Kier alpha value is -4.24. The van der Waals surface area contributed by atoms with Crippen LogP contribution in [0.4, 0.5) is 5.69 Å². The van der Waals surface area contributed by atoms with Gasteiger partial charge >= 0.3 is 0 Å². The Kier molecular flexibility index (Phi) is 5.10. The molecule has 8 nitrogen and oxygen atoms in total. The van der Waals surface area contributed by atoms with Gasteiger partial charge in [0.05, 0.1) is 59.1 Å². The van der Waals surface area contributed by atoms with Gasteiger partial charge in [0, 0.05) is 23.6 Å². The maximum absolute atomic E-state index is 14.0. The molecule has 3 heterocycles. The van der Waals surface area contributed by atoms with Crippen LogP contribution in [0, 0.1) is 34.5 Å². The van der Waals surface area contributed by atoms with Crippen molar-refractivity contribution >= 4 is 28.3 Å². The highest BCUT2D eigenvalue weighted by Gasteiger charge is 2.77. The Bertz CT molecular complexity index is 1560. The number of aliphatic hydroxyl groups excluding tert-OH is 1. The summed E-state index contributed by atoms with van der Waals surface area (Å²) in [5.41, 5.74) is -0.904. The zero-order valence-electron chi connectivity index (χ0n) is 20.0. The van der Waals surface area contributed by atoms with Crippen molar-refractivity contribution in [3.05, 3.63) is 71.8 Å². The first-order valence-electron chi connectivity index (χ1n) is 12.1. The van der Waals surface area contributed by atoms with Crippen molar-refractivity contribution in [3.63, 3.8) is 0 Å². The molecule has 3 fully saturated rings. The van der Waals surface area contributed by atoms with Crippen LogP contribution >= 0.6 is 0 Å². The fraction of sp³-hybridized carbons (Fsp3) is 0.310. The van der Waals surface area contributed by atoms with E-state index in [4.69, 9.17) is 14.7 Å². The molecule has 6 rings (SSSR count). The molecular weight excluding hydrogens is 470 g/mol. The number of carbonyl (C=O) groups is 2. The van der Waals surface area contributed by atoms with Gasteiger partial charge in [0.1, 0.15) is 11.4 Å². The number of carbonyl (C=O) groups excluding carboxylic acids is 2. The van der Waals surface area contributed by atoms with Crippen LogP contribution in [0.15, 0.2) is 60.7 Å². The monoisotopic (exact) mass is 493 g/mol. The van der Waals surface area contributed by atoms with Crippen LogP contribution in [0.3, 0.4) is 0 Å². The van der Waals surface area contributed by atoms with Gasteiger partial charge in [-0.2, -0.15) is 10.5 Å². The van der Waals surface area contributed by atoms with Gasteiger partial charge in [-0.25, -0.2) is 4.90 Å². The maximum Gasteiger partial charge on any atom is 0.240 e. The van der Waals surface area contributed by atoms with Gasteiger partial charge in [-0.3, -0.25) is 9.59 Å². The lowest BCUT2D eigenvalue weighted by Gasteiger charge is -2.33. The first-order chi connectivity index (χ1) is 17.8. The van der Waals surface area contributed by atoms with E-state index in [9.17, 15) is 20.0 Å². The highest BCUT2D eigenvalue weighted by atomic mass is 16.6. The lowest BCUT2D eigenvalue weighted by atomic mass is 9.66. The quantitative estimate of drug-likeness (QED) is 0.540. The van der Waals surface area contributed by atoms with Crippen LogP contribution in [-0.2, 0) is 14.3 Å². The third-order valence-corrected chi connectivity index (χ3v) is 8.13. The Morgan fingerprint density at radius 3 is 2.54 bits per heavy atom. The first-order valence-corrected chi connectivity index (χ1v) is 12.1. The SMILES string of the molecule is C[C@]12O[C@](CCOc3cccc(C#N)c3)(CC1O)[C@H]1C(=O)N(c3ccc(C#N)c4ccccc34)C(=O)[C@H]12. The molecule has 2 bridgehead atoms. The number of anilines is 1. The fourth-order valence-electron chi connectivity index (χ4n) is 6.43. The number of fused-ring (bicyclic) bond motifs is 6. The average Bonchev–Trinajstić information content (AvgIpc) is 3.44. The minimum absolute atomic E-state index is 0.183. The van der Waals surface area contributed by atoms with E-state index in [1.807, 2.05) is 6.07 Å². The summed E-state index contributed by atoms with van der Waals surface area (Å²) in [6, 6.07) is 21.5. The number of hydrogen-bond donors (Lipinski definition) is 1. The Balaban J connectivity index is 1.35. The average molecular weight is 494 g/mol. The molecule has 3 saturated heterocycles. The molecule has 0 aliphatic carbocycles. The zero-order valence-corrected chi connectivity index (χ0v) is 20.0. The van der Waals surface area contributed by atoms with Crippen LogP contribution in [0.2, 0.25) is 0 Å². The van der Waals surface area contributed by atoms with Gasteiger partial charge in [0.2, 0.25) is 11.8 Å². The second-order valence-electron chi connectivity index (χ2n) is 10.1. The van der Waals surface area contributed by atoms with Gasteiger partial charge in [-0.1, -0.05) is 30.3 Å². The number of hydrogen-bond acceptors (Lipinski definition) is 7. The van der Waals surface area contributed by atoms with Crippen LogP contribution in [0.1, 0.15) is 30.9 Å². The molecule has 0 aromatic heterocycles. The number of benzene rings is 3. The summed E-state index contributed by atoms with van der Waals surface area (Å²) in [6.07, 6.45) is -0.406. The molecule has 1 unspecified atom stereocenters. The fourth-order valence-corrected chi connectivity index (χ4v) is 6.43. The molecule has 2 amide bonds. The molecule has 0 saturated carbocycles. The standard InChI is InChI=1S/C29H23N3O5/c1-28-23(33)14-29(37-28,11-12-36-19-6-4-5-17(13-19)15-30)25-24(28)26(34)32(27(25)35)22-10-9-18(16-31)20-7-2-3-8-21(20)22/h2-10,13,23-25,33H,11-12,14H2,1H3/t23?,24-,25+,28-,29+/m0/s1. The minimum atomic E-state index is -1.20. The number of nitriles is 2. The van der Waals surface area contributed by atoms with E-state index in [0.717, 1.165) is 0 Å². The van der Waals surface area contributed by atoms with Crippen molar-refractivity contribution in [1.82, 2.24) is 0 Å².